The number of imide groups is 1. The van der Waals surface area contributed by atoms with Gasteiger partial charge in [0.25, 0.3) is 5.24 Å². The van der Waals surface area contributed by atoms with Crippen molar-refractivity contribution in [2.24, 2.45) is 0 Å². The van der Waals surface area contributed by atoms with Gasteiger partial charge in [0.15, 0.2) is 0 Å². The summed E-state index contributed by atoms with van der Waals surface area (Å²) in [5.41, 5.74) is 0.538. The molecule has 6 nitrogen and oxygen atoms in total. The molecule has 0 radical (unpaired) electrons. The van der Waals surface area contributed by atoms with Crippen LogP contribution in [-0.2, 0) is 9.59 Å². The Bertz CT molecular complexity index is 650. The van der Waals surface area contributed by atoms with Gasteiger partial charge in [-0.3, -0.25) is 14.4 Å². The quantitative estimate of drug-likeness (QED) is 0.870. The van der Waals surface area contributed by atoms with E-state index in [0.717, 1.165) is 35.9 Å². The molecule has 3 amide bonds. The summed E-state index contributed by atoms with van der Waals surface area (Å²) in [7, 11) is 0. The summed E-state index contributed by atoms with van der Waals surface area (Å²) in [5, 5.41) is 8.19. The fourth-order valence-electron chi connectivity index (χ4n) is 3.45. The molecular formula is C18H22N2O4S. The van der Waals surface area contributed by atoms with Gasteiger partial charge in [0.1, 0.15) is 5.25 Å². The second-order valence-corrected chi connectivity index (χ2v) is 7.49. The second kappa shape index (κ2) is 8.01. The van der Waals surface area contributed by atoms with Crippen LogP contribution in [0.15, 0.2) is 30.3 Å². The van der Waals surface area contributed by atoms with Crippen LogP contribution < -0.4 is 4.90 Å². The minimum atomic E-state index is -0.670. The highest BCUT2D eigenvalue weighted by Crippen LogP contribution is 2.34. The minimum Gasteiger partial charge on any atom is -0.396 e. The molecule has 3 rings (SSSR count). The lowest BCUT2D eigenvalue weighted by Gasteiger charge is -2.36. The lowest BCUT2D eigenvalue weighted by Crippen LogP contribution is -2.45. The number of aliphatic hydroxyl groups is 1. The van der Waals surface area contributed by atoms with Crippen LogP contribution in [0.5, 0.6) is 0 Å². The van der Waals surface area contributed by atoms with Crippen molar-refractivity contribution in [2.75, 3.05) is 18.1 Å². The summed E-state index contributed by atoms with van der Waals surface area (Å²) < 4.78 is 0. The smallest absolute Gasteiger partial charge is 0.293 e. The van der Waals surface area contributed by atoms with Gasteiger partial charge in [-0.2, -0.15) is 0 Å². The first-order chi connectivity index (χ1) is 12.1. The average molecular weight is 362 g/mol. The van der Waals surface area contributed by atoms with E-state index in [4.69, 9.17) is 0 Å². The number of para-hydroxylation sites is 1. The molecule has 2 aliphatic rings. The molecule has 1 aromatic carbocycles. The summed E-state index contributed by atoms with van der Waals surface area (Å²) in [6.45, 7) is 0.706. The zero-order chi connectivity index (χ0) is 17.8. The summed E-state index contributed by atoms with van der Waals surface area (Å²) in [6, 6.07) is 8.82. The third-order valence-electron chi connectivity index (χ3n) is 4.71. The van der Waals surface area contributed by atoms with Gasteiger partial charge in [-0.25, -0.2) is 4.90 Å². The molecule has 0 saturated carbocycles. The molecular weight excluding hydrogens is 340 g/mol. The van der Waals surface area contributed by atoms with Crippen LogP contribution in [-0.4, -0.2) is 51.5 Å². The normalized spacial score (nSPS) is 24.0. The van der Waals surface area contributed by atoms with Crippen molar-refractivity contribution in [1.82, 2.24) is 4.90 Å². The van der Waals surface area contributed by atoms with Crippen molar-refractivity contribution < 1.29 is 19.5 Å². The molecule has 0 aromatic heterocycles. The zero-order valence-corrected chi connectivity index (χ0v) is 14.8. The van der Waals surface area contributed by atoms with E-state index in [1.54, 1.807) is 29.2 Å². The van der Waals surface area contributed by atoms with E-state index >= 15 is 0 Å². The Labute approximate surface area is 151 Å². The highest BCUT2D eigenvalue weighted by molar-refractivity contribution is 8.15. The second-order valence-electron chi connectivity index (χ2n) is 6.33. The Balaban J connectivity index is 1.67. The van der Waals surface area contributed by atoms with Crippen LogP contribution in [0.4, 0.5) is 10.5 Å². The number of rotatable bonds is 5. The molecule has 2 atom stereocenters. The number of piperidine rings is 1. The summed E-state index contributed by atoms with van der Waals surface area (Å²) in [6.07, 6.45) is 3.46. The highest BCUT2D eigenvalue weighted by atomic mass is 32.2. The zero-order valence-electron chi connectivity index (χ0n) is 14.0. The van der Waals surface area contributed by atoms with Gasteiger partial charge in [0.05, 0.1) is 5.69 Å². The molecule has 0 spiro atoms. The number of hydrogen-bond donors (Lipinski definition) is 1. The van der Waals surface area contributed by atoms with E-state index in [0.29, 0.717) is 18.7 Å². The van der Waals surface area contributed by atoms with Crippen LogP contribution >= 0.6 is 11.8 Å². The van der Waals surface area contributed by atoms with Crippen LogP contribution in [0.25, 0.3) is 0 Å². The van der Waals surface area contributed by atoms with Gasteiger partial charge in [0.2, 0.25) is 11.8 Å². The number of amides is 3. The standard InChI is InChI=1S/C18H22N2O4S/c21-11-9-13-6-4-5-10-19(13)16(22)12-15-17(23)20(18(24)25-15)14-7-2-1-3-8-14/h1-3,7-8,13,15,21H,4-6,9-12H2/t13-,15-/m0/s1. The van der Waals surface area contributed by atoms with E-state index in [-0.39, 0.29) is 36.1 Å². The first-order valence-electron chi connectivity index (χ1n) is 8.61. The third kappa shape index (κ3) is 3.88. The van der Waals surface area contributed by atoms with E-state index in [1.165, 1.54) is 0 Å². The van der Waals surface area contributed by atoms with Gasteiger partial charge in [-0.15, -0.1) is 0 Å². The number of likely N-dealkylation sites (tertiary alicyclic amines) is 1. The maximum Gasteiger partial charge on any atom is 0.293 e. The molecule has 7 heteroatoms. The molecule has 0 bridgehead atoms. The number of benzene rings is 1. The van der Waals surface area contributed by atoms with Crippen LogP contribution in [0.1, 0.15) is 32.1 Å². The summed E-state index contributed by atoms with van der Waals surface area (Å²) >= 11 is 0.924. The van der Waals surface area contributed by atoms with Crippen molar-refractivity contribution in [1.29, 1.82) is 0 Å². The monoisotopic (exact) mass is 362 g/mol. The molecule has 1 aromatic rings. The molecule has 2 saturated heterocycles. The number of carbonyl (C=O) groups is 3. The predicted octanol–water partition coefficient (Wildman–Crippen LogP) is 2.41. The minimum absolute atomic E-state index is 0.0283. The number of hydrogen-bond acceptors (Lipinski definition) is 5. The summed E-state index contributed by atoms with van der Waals surface area (Å²) in [4.78, 5) is 40.5. The molecule has 0 unspecified atom stereocenters. The Kier molecular flexibility index (Phi) is 5.75. The number of nitrogens with zero attached hydrogens (tertiary/aromatic N) is 2. The highest BCUT2D eigenvalue weighted by Gasteiger charge is 2.42. The van der Waals surface area contributed by atoms with Crippen molar-refractivity contribution in [3.05, 3.63) is 30.3 Å². The topological polar surface area (TPSA) is 77.9 Å². The Morgan fingerprint density at radius 2 is 1.96 bits per heavy atom. The Morgan fingerprint density at radius 3 is 2.68 bits per heavy atom. The van der Waals surface area contributed by atoms with E-state index in [9.17, 15) is 19.5 Å². The van der Waals surface area contributed by atoms with Gasteiger partial charge in [-0.05, 0) is 49.6 Å². The van der Waals surface area contributed by atoms with E-state index < -0.39 is 5.25 Å². The van der Waals surface area contributed by atoms with E-state index in [2.05, 4.69) is 0 Å². The third-order valence-corrected chi connectivity index (χ3v) is 5.74. The summed E-state index contributed by atoms with van der Waals surface area (Å²) in [5.74, 6) is -0.433. The van der Waals surface area contributed by atoms with E-state index in [1.807, 2.05) is 6.07 Å². The first kappa shape index (κ1) is 17.9. The van der Waals surface area contributed by atoms with Crippen molar-refractivity contribution in [3.63, 3.8) is 0 Å². The molecule has 1 N–H and O–H groups in total. The number of anilines is 1. The fraction of sp³-hybridized carbons (Fsp3) is 0.500. The molecule has 134 valence electrons. The largest absolute Gasteiger partial charge is 0.396 e. The first-order valence-corrected chi connectivity index (χ1v) is 9.49. The van der Waals surface area contributed by atoms with Crippen LogP contribution in [0, 0.1) is 0 Å². The molecule has 0 aliphatic carbocycles. The molecule has 25 heavy (non-hydrogen) atoms. The number of aliphatic hydroxyl groups excluding tert-OH is 1. The average Bonchev–Trinajstić information content (AvgIpc) is 2.90. The van der Waals surface area contributed by atoms with Gasteiger partial charge < -0.3 is 10.0 Å². The predicted molar refractivity (Wildman–Crippen MR) is 96.4 cm³/mol. The van der Waals surface area contributed by atoms with Crippen LogP contribution in [0.2, 0.25) is 0 Å². The van der Waals surface area contributed by atoms with Gasteiger partial charge in [-0.1, -0.05) is 18.2 Å². The molecule has 2 aliphatic heterocycles. The lowest BCUT2D eigenvalue weighted by molar-refractivity contribution is -0.136. The Morgan fingerprint density at radius 1 is 1.20 bits per heavy atom. The lowest BCUT2D eigenvalue weighted by atomic mass is 9.99. The number of thioether (sulfide) groups is 1. The maximum absolute atomic E-state index is 12.7. The van der Waals surface area contributed by atoms with Crippen molar-refractivity contribution >= 4 is 34.5 Å². The molecule has 2 heterocycles. The number of carbonyl (C=O) groups excluding carboxylic acids is 3. The molecule has 2 fully saturated rings. The SMILES string of the molecule is O=C1S[C@@H](CC(=O)N2CCCC[C@H]2CCO)C(=O)N1c1ccccc1. The van der Waals surface area contributed by atoms with Crippen LogP contribution in [0.3, 0.4) is 0 Å². The van der Waals surface area contributed by atoms with Crippen molar-refractivity contribution in [2.45, 2.75) is 43.4 Å². The van der Waals surface area contributed by atoms with Crippen molar-refractivity contribution in [3.8, 4) is 0 Å². The van der Waals surface area contributed by atoms with Gasteiger partial charge >= 0.3 is 0 Å². The Hall–Kier alpha value is -1.86. The van der Waals surface area contributed by atoms with Gasteiger partial charge in [0, 0.05) is 25.6 Å². The maximum atomic E-state index is 12.7. The fourth-order valence-corrected chi connectivity index (χ4v) is 4.43.